The molecule has 110 valence electrons. The Morgan fingerprint density at radius 3 is 2.67 bits per heavy atom. The van der Waals surface area contributed by atoms with Crippen molar-refractivity contribution in [3.8, 4) is 5.88 Å². The summed E-state index contributed by atoms with van der Waals surface area (Å²) in [6, 6.07) is 7.63. The van der Waals surface area contributed by atoms with Crippen LogP contribution in [0.25, 0.3) is 0 Å². The Morgan fingerprint density at radius 2 is 1.90 bits per heavy atom. The molecule has 1 aromatic carbocycles. The fraction of sp³-hybridized carbons (Fsp3) is 0.333. The number of fused-ring (bicyclic) bond motifs is 1. The molecule has 21 heavy (non-hydrogen) atoms. The Kier molecular flexibility index (Phi) is 3.17. The summed E-state index contributed by atoms with van der Waals surface area (Å²) >= 11 is 0. The molecule has 2 heterocycles. The number of aromatic hydroxyl groups is 1. The summed E-state index contributed by atoms with van der Waals surface area (Å²) in [5.74, 6) is -0.249. The maximum atomic E-state index is 12.4. The average Bonchev–Trinajstić information content (AvgIpc) is 2.51. The zero-order valence-electron chi connectivity index (χ0n) is 12.0. The lowest BCUT2D eigenvalue weighted by Crippen LogP contribution is -2.88. The SMILES string of the molecule is Cn1c(O)c([C@@H]2[NH2+]CCc3ccccc32)c(=O)n(C)c1=O. The second kappa shape index (κ2) is 4.89. The van der Waals surface area contributed by atoms with Crippen LogP contribution in [-0.2, 0) is 20.5 Å². The third-order valence-electron chi connectivity index (χ3n) is 4.18. The molecule has 0 amide bonds. The highest BCUT2D eigenvalue weighted by Crippen LogP contribution is 2.26. The van der Waals surface area contributed by atoms with Crippen molar-refractivity contribution < 1.29 is 10.4 Å². The summed E-state index contributed by atoms with van der Waals surface area (Å²) in [5.41, 5.74) is 1.51. The third-order valence-corrected chi connectivity index (χ3v) is 4.18. The van der Waals surface area contributed by atoms with Gasteiger partial charge >= 0.3 is 5.69 Å². The van der Waals surface area contributed by atoms with Gasteiger partial charge in [-0.2, -0.15) is 0 Å². The predicted octanol–water partition coefficient (Wildman–Crippen LogP) is -1.00. The van der Waals surface area contributed by atoms with E-state index in [0.29, 0.717) is 0 Å². The van der Waals surface area contributed by atoms with E-state index < -0.39 is 11.2 Å². The van der Waals surface area contributed by atoms with Gasteiger partial charge in [-0.05, 0) is 5.56 Å². The van der Waals surface area contributed by atoms with Crippen molar-refractivity contribution in [2.75, 3.05) is 6.54 Å². The van der Waals surface area contributed by atoms with Crippen molar-refractivity contribution in [3.05, 3.63) is 61.8 Å². The fourth-order valence-electron chi connectivity index (χ4n) is 3.00. The molecule has 3 rings (SSSR count). The lowest BCUT2D eigenvalue weighted by atomic mass is 9.90. The highest BCUT2D eigenvalue weighted by atomic mass is 16.3. The molecule has 0 aliphatic carbocycles. The Hall–Kier alpha value is -2.34. The third kappa shape index (κ3) is 1.99. The van der Waals surface area contributed by atoms with Crippen LogP contribution in [0.2, 0.25) is 0 Å². The van der Waals surface area contributed by atoms with Crippen LogP contribution >= 0.6 is 0 Å². The standard InChI is InChI=1S/C15H17N3O3/c1-17-13(19)11(14(20)18(2)15(17)21)12-10-6-4-3-5-9(10)7-8-16-12/h3-6,12,16,19H,7-8H2,1-2H3/p+1/t12-/m1/s1. The van der Waals surface area contributed by atoms with E-state index >= 15 is 0 Å². The number of aromatic nitrogens is 2. The number of nitrogens with two attached hydrogens (primary N) is 1. The number of nitrogens with zero attached hydrogens (tertiary/aromatic N) is 2. The lowest BCUT2D eigenvalue weighted by molar-refractivity contribution is -0.690. The molecular formula is C15H18N3O3+. The van der Waals surface area contributed by atoms with Gasteiger partial charge in [-0.3, -0.25) is 13.9 Å². The van der Waals surface area contributed by atoms with Crippen molar-refractivity contribution in [3.63, 3.8) is 0 Å². The van der Waals surface area contributed by atoms with Crippen LogP contribution in [0.3, 0.4) is 0 Å². The Bertz CT molecular complexity index is 820. The van der Waals surface area contributed by atoms with E-state index in [1.165, 1.54) is 19.7 Å². The minimum absolute atomic E-state index is 0.249. The number of hydrogen-bond acceptors (Lipinski definition) is 3. The van der Waals surface area contributed by atoms with Gasteiger partial charge in [0.15, 0.2) is 0 Å². The van der Waals surface area contributed by atoms with Crippen LogP contribution < -0.4 is 16.6 Å². The van der Waals surface area contributed by atoms with Gasteiger partial charge in [0.25, 0.3) is 5.56 Å². The second-order valence-corrected chi connectivity index (χ2v) is 5.39. The monoisotopic (exact) mass is 288 g/mol. The van der Waals surface area contributed by atoms with Gasteiger partial charge in [0.1, 0.15) is 11.6 Å². The van der Waals surface area contributed by atoms with Crippen molar-refractivity contribution in [1.82, 2.24) is 9.13 Å². The Balaban J connectivity index is 2.29. The van der Waals surface area contributed by atoms with E-state index in [0.717, 1.165) is 27.7 Å². The maximum Gasteiger partial charge on any atom is 0.333 e. The summed E-state index contributed by atoms with van der Waals surface area (Å²) in [6.07, 6.45) is 0.930. The highest BCUT2D eigenvalue weighted by Gasteiger charge is 2.31. The minimum Gasteiger partial charge on any atom is -0.494 e. The van der Waals surface area contributed by atoms with Gasteiger partial charge in [0, 0.05) is 26.1 Å². The van der Waals surface area contributed by atoms with Gasteiger partial charge in [0.2, 0.25) is 5.88 Å². The molecule has 1 aliphatic heterocycles. The van der Waals surface area contributed by atoms with Crippen LogP contribution in [0.4, 0.5) is 0 Å². The molecule has 0 fully saturated rings. The molecule has 1 atom stereocenters. The summed E-state index contributed by atoms with van der Waals surface area (Å²) in [4.78, 5) is 24.3. The fourth-order valence-corrected chi connectivity index (χ4v) is 3.00. The summed E-state index contributed by atoms with van der Waals surface area (Å²) in [6.45, 7) is 0.840. The van der Waals surface area contributed by atoms with Crippen molar-refractivity contribution in [2.45, 2.75) is 12.5 Å². The Labute approximate surface area is 121 Å². The number of hydrogen-bond donors (Lipinski definition) is 2. The first kappa shape index (κ1) is 13.6. The molecule has 6 heteroatoms. The first-order chi connectivity index (χ1) is 10.0. The smallest absolute Gasteiger partial charge is 0.333 e. The molecule has 0 unspecified atom stereocenters. The second-order valence-electron chi connectivity index (χ2n) is 5.39. The van der Waals surface area contributed by atoms with E-state index in [4.69, 9.17) is 0 Å². The quantitative estimate of drug-likeness (QED) is 0.706. The zero-order chi connectivity index (χ0) is 15.1. The van der Waals surface area contributed by atoms with Gasteiger partial charge in [0.05, 0.1) is 6.54 Å². The highest BCUT2D eigenvalue weighted by molar-refractivity contribution is 5.39. The van der Waals surface area contributed by atoms with Gasteiger partial charge < -0.3 is 10.4 Å². The van der Waals surface area contributed by atoms with Gasteiger partial charge in [-0.15, -0.1) is 0 Å². The minimum atomic E-state index is -0.523. The normalized spacial score (nSPS) is 17.5. The van der Waals surface area contributed by atoms with E-state index in [1.807, 2.05) is 29.6 Å². The van der Waals surface area contributed by atoms with E-state index in [1.54, 1.807) is 0 Å². The van der Waals surface area contributed by atoms with Crippen molar-refractivity contribution in [2.24, 2.45) is 14.1 Å². The molecule has 0 saturated carbocycles. The largest absolute Gasteiger partial charge is 0.494 e. The Morgan fingerprint density at radius 1 is 1.19 bits per heavy atom. The van der Waals surface area contributed by atoms with Crippen LogP contribution in [-0.4, -0.2) is 20.8 Å². The zero-order valence-corrected chi connectivity index (χ0v) is 12.0. The first-order valence-corrected chi connectivity index (χ1v) is 6.92. The molecule has 3 N–H and O–H groups in total. The van der Waals surface area contributed by atoms with Crippen molar-refractivity contribution >= 4 is 0 Å². The average molecular weight is 288 g/mol. The van der Waals surface area contributed by atoms with Crippen LogP contribution in [0, 0.1) is 0 Å². The molecule has 2 aromatic rings. The molecular weight excluding hydrogens is 270 g/mol. The molecule has 0 bridgehead atoms. The summed E-state index contributed by atoms with van der Waals surface area (Å²) in [5, 5.41) is 12.3. The number of quaternary nitrogens is 1. The van der Waals surface area contributed by atoms with Gasteiger partial charge in [-0.25, -0.2) is 4.79 Å². The van der Waals surface area contributed by atoms with Gasteiger partial charge in [-0.1, -0.05) is 24.3 Å². The first-order valence-electron chi connectivity index (χ1n) is 6.92. The number of rotatable bonds is 1. The number of benzene rings is 1. The van der Waals surface area contributed by atoms with E-state index in [9.17, 15) is 14.7 Å². The van der Waals surface area contributed by atoms with E-state index in [-0.39, 0.29) is 17.5 Å². The molecule has 0 radical (unpaired) electrons. The maximum absolute atomic E-state index is 12.4. The van der Waals surface area contributed by atoms with Crippen LogP contribution in [0.15, 0.2) is 33.9 Å². The summed E-state index contributed by atoms with van der Waals surface area (Å²) in [7, 11) is 2.90. The van der Waals surface area contributed by atoms with E-state index in [2.05, 4.69) is 0 Å². The summed E-state index contributed by atoms with van der Waals surface area (Å²) < 4.78 is 2.15. The molecule has 6 nitrogen and oxygen atoms in total. The molecule has 0 spiro atoms. The van der Waals surface area contributed by atoms with Crippen LogP contribution in [0.1, 0.15) is 22.7 Å². The van der Waals surface area contributed by atoms with Crippen LogP contribution in [0.5, 0.6) is 5.88 Å². The molecule has 1 aliphatic rings. The predicted molar refractivity (Wildman–Crippen MR) is 77.4 cm³/mol. The topological polar surface area (TPSA) is 80.8 Å². The molecule has 0 saturated heterocycles. The molecule has 1 aromatic heterocycles. The lowest BCUT2D eigenvalue weighted by Gasteiger charge is -2.24. The van der Waals surface area contributed by atoms with Crippen molar-refractivity contribution in [1.29, 1.82) is 0 Å².